The number of sulfonamides is 1. The number of aromatic nitrogens is 1. The van der Waals surface area contributed by atoms with E-state index in [1.54, 1.807) is 12.4 Å². The van der Waals surface area contributed by atoms with Crippen LogP contribution < -0.4 is 5.32 Å². The standard InChI is InChI=1S/C20H24FN3O3S/c21-18-3-1-2-4-19(18)28(26,27)24-13-9-16(10-14-24)5-6-20(25)23-15-17-7-11-22-12-8-17/h1-4,7-8,11-12,16H,5-6,9-10,13-15H2,(H,23,25). The van der Waals surface area contributed by atoms with Gasteiger partial charge in [-0.1, -0.05) is 12.1 Å². The number of hydrogen-bond donors (Lipinski definition) is 1. The summed E-state index contributed by atoms with van der Waals surface area (Å²) in [4.78, 5) is 15.7. The number of pyridine rings is 1. The minimum Gasteiger partial charge on any atom is -0.352 e. The third-order valence-corrected chi connectivity index (χ3v) is 6.98. The number of nitrogens with one attached hydrogen (secondary N) is 1. The Balaban J connectivity index is 1.44. The van der Waals surface area contributed by atoms with Crippen LogP contribution in [-0.4, -0.2) is 36.7 Å². The van der Waals surface area contributed by atoms with Crippen LogP contribution in [0.25, 0.3) is 0 Å². The van der Waals surface area contributed by atoms with Crippen molar-refractivity contribution in [2.24, 2.45) is 5.92 Å². The molecule has 2 heterocycles. The summed E-state index contributed by atoms with van der Waals surface area (Å²) in [6.45, 7) is 1.17. The Hall–Kier alpha value is -2.32. The van der Waals surface area contributed by atoms with Crippen LogP contribution in [0.4, 0.5) is 4.39 Å². The Morgan fingerprint density at radius 1 is 1.14 bits per heavy atom. The second kappa shape index (κ2) is 9.25. The second-order valence-electron chi connectivity index (χ2n) is 6.95. The molecule has 1 aliphatic heterocycles. The highest BCUT2D eigenvalue weighted by molar-refractivity contribution is 7.89. The van der Waals surface area contributed by atoms with E-state index in [1.807, 2.05) is 12.1 Å². The molecule has 8 heteroatoms. The number of benzene rings is 1. The quantitative estimate of drug-likeness (QED) is 0.768. The van der Waals surface area contributed by atoms with Crippen LogP contribution in [0.5, 0.6) is 0 Å². The topological polar surface area (TPSA) is 79.4 Å². The van der Waals surface area contributed by atoms with Gasteiger partial charge in [0.25, 0.3) is 0 Å². The molecule has 0 spiro atoms. The molecular weight excluding hydrogens is 381 g/mol. The van der Waals surface area contributed by atoms with Gasteiger partial charge in [-0.2, -0.15) is 4.31 Å². The van der Waals surface area contributed by atoms with E-state index >= 15 is 0 Å². The van der Waals surface area contributed by atoms with Crippen LogP contribution in [0.15, 0.2) is 53.7 Å². The Labute approximate surface area is 164 Å². The fourth-order valence-electron chi connectivity index (χ4n) is 3.36. The molecule has 0 radical (unpaired) electrons. The largest absolute Gasteiger partial charge is 0.352 e. The molecule has 2 aromatic rings. The maximum atomic E-state index is 13.9. The number of carbonyl (C=O) groups excluding carboxylic acids is 1. The van der Waals surface area contributed by atoms with Crippen LogP contribution in [0.1, 0.15) is 31.2 Å². The van der Waals surface area contributed by atoms with Crippen molar-refractivity contribution in [2.75, 3.05) is 13.1 Å². The van der Waals surface area contributed by atoms with E-state index in [2.05, 4.69) is 10.3 Å². The van der Waals surface area contributed by atoms with Crippen molar-refractivity contribution >= 4 is 15.9 Å². The van der Waals surface area contributed by atoms with Crippen molar-refractivity contribution in [2.45, 2.75) is 37.1 Å². The van der Waals surface area contributed by atoms with E-state index in [-0.39, 0.29) is 10.8 Å². The average molecular weight is 405 g/mol. The van der Waals surface area contributed by atoms with Gasteiger partial charge in [0.15, 0.2) is 0 Å². The first-order valence-corrected chi connectivity index (χ1v) is 10.8. The van der Waals surface area contributed by atoms with Gasteiger partial charge in [-0.3, -0.25) is 9.78 Å². The first kappa shape index (κ1) is 20.4. The number of rotatable bonds is 7. The third-order valence-electron chi connectivity index (χ3n) is 5.05. The molecule has 0 atom stereocenters. The van der Waals surface area contributed by atoms with Crippen LogP contribution >= 0.6 is 0 Å². The number of amides is 1. The SMILES string of the molecule is O=C(CCC1CCN(S(=O)(=O)c2ccccc2F)CC1)NCc1ccncc1. The average Bonchev–Trinajstić information content (AvgIpc) is 2.72. The van der Waals surface area contributed by atoms with E-state index in [0.29, 0.717) is 44.8 Å². The van der Waals surface area contributed by atoms with Crippen molar-refractivity contribution in [3.8, 4) is 0 Å². The number of halogens is 1. The highest BCUT2D eigenvalue weighted by Crippen LogP contribution is 2.27. The molecule has 1 fully saturated rings. The Morgan fingerprint density at radius 2 is 1.82 bits per heavy atom. The molecule has 1 aromatic carbocycles. The minimum absolute atomic E-state index is 0.0155. The zero-order valence-electron chi connectivity index (χ0n) is 15.6. The third kappa shape index (κ3) is 5.14. The second-order valence-corrected chi connectivity index (χ2v) is 8.86. The Morgan fingerprint density at radius 3 is 2.50 bits per heavy atom. The number of carbonyl (C=O) groups is 1. The van der Waals surface area contributed by atoms with Gasteiger partial charge in [-0.05, 0) is 55.0 Å². The molecule has 28 heavy (non-hydrogen) atoms. The summed E-state index contributed by atoms with van der Waals surface area (Å²) in [5, 5.41) is 2.88. The van der Waals surface area contributed by atoms with Gasteiger partial charge in [-0.15, -0.1) is 0 Å². The molecule has 1 saturated heterocycles. The van der Waals surface area contributed by atoms with Crippen molar-refractivity contribution in [3.05, 3.63) is 60.2 Å². The smallest absolute Gasteiger partial charge is 0.245 e. The molecule has 1 N–H and O–H groups in total. The lowest BCUT2D eigenvalue weighted by Crippen LogP contribution is -2.39. The molecule has 0 aliphatic carbocycles. The lowest BCUT2D eigenvalue weighted by Gasteiger charge is -2.31. The molecule has 150 valence electrons. The van der Waals surface area contributed by atoms with E-state index in [0.717, 1.165) is 18.1 Å². The van der Waals surface area contributed by atoms with Crippen molar-refractivity contribution < 1.29 is 17.6 Å². The fourth-order valence-corrected chi connectivity index (χ4v) is 4.89. The van der Waals surface area contributed by atoms with Gasteiger partial charge in [0.05, 0.1) is 0 Å². The summed E-state index contributed by atoms with van der Waals surface area (Å²) in [6.07, 6.45) is 5.84. The molecule has 0 saturated carbocycles. The predicted molar refractivity (Wildman–Crippen MR) is 103 cm³/mol. The molecule has 6 nitrogen and oxygen atoms in total. The molecule has 0 bridgehead atoms. The lowest BCUT2D eigenvalue weighted by molar-refractivity contribution is -0.121. The Kier molecular flexibility index (Phi) is 6.74. The summed E-state index contributed by atoms with van der Waals surface area (Å²) in [5.41, 5.74) is 0.995. The first-order chi connectivity index (χ1) is 13.5. The zero-order valence-corrected chi connectivity index (χ0v) is 16.4. The van der Waals surface area contributed by atoms with Crippen LogP contribution in [0.3, 0.4) is 0 Å². The van der Waals surface area contributed by atoms with Gasteiger partial charge >= 0.3 is 0 Å². The summed E-state index contributed by atoms with van der Waals surface area (Å²) < 4.78 is 40.4. The molecule has 3 rings (SSSR count). The highest BCUT2D eigenvalue weighted by Gasteiger charge is 2.31. The minimum atomic E-state index is -3.81. The van der Waals surface area contributed by atoms with Gasteiger partial charge in [0.2, 0.25) is 15.9 Å². The van der Waals surface area contributed by atoms with Gasteiger partial charge in [-0.25, -0.2) is 12.8 Å². The van der Waals surface area contributed by atoms with Gasteiger partial charge in [0, 0.05) is 38.4 Å². The van der Waals surface area contributed by atoms with Crippen molar-refractivity contribution in [1.82, 2.24) is 14.6 Å². The van der Waals surface area contributed by atoms with Gasteiger partial charge in [0.1, 0.15) is 10.7 Å². The normalized spacial score (nSPS) is 16.0. The van der Waals surface area contributed by atoms with Gasteiger partial charge < -0.3 is 5.32 Å². The maximum Gasteiger partial charge on any atom is 0.245 e. The van der Waals surface area contributed by atoms with Crippen molar-refractivity contribution in [1.29, 1.82) is 0 Å². The number of hydrogen-bond acceptors (Lipinski definition) is 4. The number of nitrogens with zero attached hydrogens (tertiary/aromatic N) is 2. The van der Waals surface area contributed by atoms with Crippen molar-refractivity contribution in [3.63, 3.8) is 0 Å². The molecular formula is C20H24FN3O3S. The molecule has 0 unspecified atom stereocenters. The van der Waals surface area contributed by atoms with Crippen LogP contribution in [0, 0.1) is 11.7 Å². The number of piperidine rings is 1. The highest BCUT2D eigenvalue weighted by atomic mass is 32.2. The van der Waals surface area contributed by atoms with Crippen LogP contribution in [0.2, 0.25) is 0 Å². The Bertz CT molecular complexity index is 898. The van der Waals surface area contributed by atoms with E-state index in [4.69, 9.17) is 0 Å². The summed E-state index contributed by atoms with van der Waals surface area (Å²) in [5.74, 6) is -0.451. The summed E-state index contributed by atoms with van der Waals surface area (Å²) in [7, 11) is -3.81. The monoisotopic (exact) mass is 405 g/mol. The maximum absolute atomic E-state index is 13.9. The summed E-state index contributed by atoms with van der Waals surface area (Å²) >= 11 is 0. The predicted octanol–water partition coefficient (Wildman–Crippen LogP) is 2.72. The molecule has 1 amide bonds. The van der Waals surface area contributed by atoms with E-state index < -0.39 is 15.8 Å². The molecule has 1 aromatic heterocycles. The van der Waals surface area contributed by atoms with Crippen LogP contribution in [-0.2, 0) is 21.4 Å². The molecule has 1 aliphatic rings. The first-order valence-electron chi connectivity index (χ1n) is 9.37. The van der Waals surface area contributed by atoms with E-state index in [9.17, 15) is 17.6 Å². The fraction of sp³-hybridized carbons (Fsp3) is 0.400. The zero-order chi connectivity index (χ0) is 20.0. The van der Waals surface area contributed by atoms with E-state index in [1.165, 1.54) is 22.5 Å². The summed E-state index contributed by atoms with van der Waals surface area (Å²) in [6, 6.07) is 9.15. The lowest BCUT2D eigenvalue weighted by atomic mass is 9.93.